The van der Waals surface area contributed by atoms with Gasteiger partial charge in [0.15, 0.2) is 0 Å². The van der Waals surface area contributed by atoms with Crippen molar-refractivity contribution in [2.24, 2.45) is 11.0 Å². The van der Waals surface area contributed by atoms with Crippen LogP contribution >= 0.6 is 11.6 Å². The molecule has 0 aromatic carbocycles. The second-order valence-electron chi connectivity index (χ2n) is 3.67. The van der Waals surface area contributed by atoms with Gasteiger partial charge >= 0.3 is 0 Å². The zero-order chi connectivity index (χ0) is 12.1. The highest BCUT2D eigenvalue weighted by Crippen LogP contribution is 2.12. The van der Waals surface area contributed by atoms with Gasteiger partial charge in [-0.15, -0.1) is 0 Å². The second kappa shape index (κ2) is 5.61. The predicted molar refractivity (Wildman–Crippen MR) is 64.4 cm³/mol. The minimum Gasteiger partial charge on any atom is -0.273 e. The molecule has 0 saturated carbocycles. The number of pyridine rings is 1. The van der Waals surface area contributed by atoms with Gasteiger partial charge in [0.05, 0.1) is 5.71 Å². The SMILES string of the molecule is CC(=NNC(=O)C(C)C)c1cccnc1Cl. The molecule has 1 amide bonds. The topological polar surface area (TPSA) is 54.4 Å². The summed E-state index contributed by atoms with van der Waals surface area (Å²) in [6, 6.07) is 3.57. The Morgan fingerprint density at radius 3 is 2.81 bits per heavy atom. The Labute approximate surface area is 99.7 Å². The highest BCUT2D eigenvalue weighted by Gasteiger charge is 2.07. The van der Waals surface area contributed by atoms with Crippen LogP contribution in [-0.2, 0) is 4.79 Å². The maximum Gasteiger partial charge on any atom is 0.242 e. The van der Waals surface area contributed by atoms with Crippen LogP contribution in [0.1, 0.15) is 26.3 Å². The molecular weight excluding hydrogens is 226 g/mol. The lowest BCUT2D eigenvalue weighted by Gasteiger charge is -2.05. The van der Waals surface area contributed by atoms with E-state index in [-0.39, 0.29) is 11.8 Å². The van der Waals surface area contributed by atoms with Crippen molar-refractivity contribution in [3.63, 3.8) is 0 Å². The minimum atomic E-state index is -0.126. The molecule has 0 aliphatic rings. The summed E-state index contributed by atoms with van der Waals surface area (Å²) in [5.41, 5.74) is 3.82. The van der Waals surface area contributed by atoms with E-state index >= 15 is 0 Å². The largest absolute Gasteiger partial charge is 0.273 e. The number of nitrogens with zero attached hydrogens (tertiary/aromatic N) is 2. The fraction of sp³-hybridized carbons (Fsp3) is 0.364. The summed E-state index contributed by atoms with van der Waals surface area (Å²) in [6.07, 6.45) is 1.60. The maximum atomic E-state index is 11.3. The molecule has 86 valence electrons. The summed E-state index contributed by atoms with van der Waals surface area (Å²) in [5.74, 6) is -0.222. The van der Waals surface area contributed by atoms with Gasteiger partial charge in [0.1, 0.15) is 5.15 Å². The van der Waals surface area contributed by atoms with E-state index in [9.17, 15) is 4.79 Å². The number of nitrogens with one attached hydrogen (secondary N) is 1. The molecule has 0 saturated heterocycles. The first-order chi connectivity index (χ1) is 7.52. The van der Waals surface area contributed by atoms with E-state index in [0.717, 1.165) is 0 Å². The zero-order valence-corrected chi connectivity index (χ0v) is 10.2. The molecule has 1 N–H and O–H groups in total. The van der Waals surface area contributed by atoms with Crippen LogP contribution in [0, 0.1) is 5.92 Å². The molecule has 0 spiro atoms. The van der Waals surface area contributed by atoms with Crippen molar-refractivity contribution in [3.8, 4) is 0 Å². The smallest absolute Gasteiger partial charge is 0.242 e. The number of carbonyl (C=O) groups excluding carboxylic acids is 1. The van der Waals surface area contributed by atoms with Gasteiger partial charge in [-0.25, -0.2) is 10.4 Å². The highest BCUT2D eigenvalue weighted by molar-refractivity contribution is 6.32. The fourth-order valence-corrected chi connectivity index (χ4v) is 1.24. The molecule has 1 heterocycles. The molecule has 0 bridgehead atoms. The van der Waals surface area contributed by atoms with Crippen LogP contribution in [0.4, 0.5) is 0 Å². The van der Waals surface area contributed by atoms with Gasteiger partial charge < -0.3 is 0 Å². The standard InChI is InChI=1S/C11H14ClN3O/c1-7(2)11(16)15-14-8(3)9-5-4-6-13-10(9)12/h4-7H,1-3H3,(H,15,16). The number of rotatable bonds is 3. The van der Waals surface area contributed by atoms with E-state index in [1.807, 2.05) is 0 Å². The van der Waals surface area contributed by atoms with Crippen molar-refractivity contribution in [1.29, 1.82) is 0 Å². The van der Waals surface area contributed by atoms with Crippen molar-refractivity contribution >= 4 is 23.2 Å². The molecule has 1 aromatic heterocycles. The Morgan fingerprint density at radius 1 is 1.56 bits per heavy atom. The minimum absolute atomic E-state index is 0.0964. The number of hydrazone groups is 1. The van der Waals surface area contributed by atoms with Gasteiger partial charge in [-0.2, -0.15) is 5.10 Å². The van der Waals surface area contributed by atoms with Crippen LogP contribution in [0.3, 0.4) is 0 Å². The van der Waals surface area contributed by atoms with Gasteiger partial charge in [-0.3, -0.25) is 4.79 Å². The Bertz CT molecular complexity index is 415. The van der Waals surface area contributed by atoms with Crippen LogP contribution in [0.2, 0.25) is 5.15 Å². The Kier molecular flexibility index (Phi) is 4.43. The van der Waals surface area contributed by atoms with E-state index < -0.39 is 0 Å². The summed E-state index contributed by atoms with van der Waals surface area (Å²) >= 11 is 5.89. The fourth-order valence-electron chi connectivity index (χ4n) is 0.984. The van der Waals surface area contributed by atoms with Crippen LogP contribution in [0.5, 0.6) is 0 Å². The first kappa shape index (κ1) is 12.6. The number of halogens is 1. The summed E-state index contributed by atoms with van der Waals surface area (Å²) in [6.45, 7) is 5.37. The first-order valence-corrected chi connectivity index (χ1v) is 5.35. The number of aromatic nitrogens is 1. The molecule has 5 heteroatoms. The van der Waals surface area contributed by atoms with Gasteiger partial charge in [0.25, 0.3) is 0 Å². The second-order valence-corrected chi connectivity index (χ2v) is 4.03. The third kappa shape index (κ3) is 3.31. The lowest BCUT2D eigenvalue weighted by Crippen LogP contribution is -2.24. The molecular formula is C11H14ClN3O. The summed E-state index contributed by atoms with van der Waals surface area (Å²) in [4.78, 5) is 15.2. The van der Waals surface area contributed by atoms with Crippen LogP contribution in [0.15, 0.2) is 23.4 Å². The van der Waals surface area contributed by atoms with Crippen molar-refractivity contribution in [2.75, 3.05) is 0 Å². The van der Waals surface area contributed by atoms with E-state index in [1.165, 1.54) is 0 Å². The third-order valence-electron chi connectivity index (χ3n) is 2.01. The number of hydrogen-bond donors (Lipinski definition) is 1. The lowest BCUT2D eigenvalue weighted by molar-refractivity contribution is -0.123. The van der Waals surface area contributed by atoms with Crippen LogP contribution in [-0.4, -0.2) is 16.6 Å². The van der Waals surface area contributed by atoms with Crippen LogP contribution in [0.25, 0.3) is 0 Å². The Balaban J connectivity index is 2.79. The average molecular weight is 240 g/mol. The van der Waals surface area contributed by atoms with Gasteiger partial charge in [0, 0.05) is 17.7 Å². The molecule has 1 rings (SSSR count). The van der Waals surface area contributed by atoms with Crippen molar-refractivity contribution in [3.05, 3.63) is 29.0 Å². The normalized spacial score (nSPS) is 11.7. The van der Waals surface area contributed by atoms with Crippen LogP contribution < -0.4 is 5.43 Å². The monoisotopic (exact) mass is 239 g/mol. The molecule has 0 fully saturated rings. The van der Waals surface area contributed by atoms with Crippen molar-refractivity contribution < 1.29 is 4.79 Å². The number of hydrogen-bond acceptors (Lipinski definition) is 3. The third-order valence-corrected chi connectivity index (χ3v) is 2.31. The highest BCUT2D eigenvalue weighted by atomic mass is 35.5. The number of amides is 1. The van der Waals surface area contributed by atoms with Gasteiger partial charge in [-0.1, -0.05) is 25.4 Å². The van der Waals surface area contributed by atoms with E-state index in [2.05, 4.69) is 15.5 Å². The Morgan fingerprint density at radius 2 is 2.25 bits per heavy atom. The maximum absolute atomic E-state index is 11.3. The molecule has 0 aliphatic heterocycles. The van der Waals surface area contributed by atoms with E-state index in [1.54, 1.807) is 39.1 Å². The first-order valence-electron chi connectivity index (χ1n) is 4.97. The molecule has 4 nitrogen and oxygen atoms in total. The van der Waals surface area contributed by atoms with E-state index in [4.69, 9.17) is 11.6 Å². The summed E-state index contributed by atoms with van der Waals surface area (Å²) in [5, 5.41) is 4.35. The molecule has 0 unspecified atom stereocenters. The Hall–Kier alpha value is -1.42. The number of carbonyl (C=O) groups is 1. The predicted octanol–water partition coefficient (Wildman–Crippen LogP) is 2.23. The zero-order valence-electron chi connectivity index (χ0n) is 9.49. The molecule has 1 aromatic rings. The van der Waals surface area contributed by atoms with Gasteiger partial charge in [-0.05, 0) is 19.1 Å². The quantitative estimate of drug-likeness (QED) is 0.500. The van der Waals surface area contributed by atoms with Gasteiger partial charge in [0.2, 0.25) is 5.91 Å². The molecule has 16 heavy (non-hydrogen) atoms. The molecule has 0 radical (unpaired) electrons. The molecule has 0 aliphatic carbocycles. The lowest BCUT2D eigenvalue weighted by atomic mass is 10.2. The van der Waals surface area contributed by atoms with Crippen molar-refractivity contribution in [2.45, 2.75) is 20.8 Å². The van der Waals surface area contributed by atoms with Crippen molar-refractivity contribution in [1.82, 2.24) is 10.4 Å². The summed E-state index contributed by atoms with van der Waals surface area (Å²) in [7, 11) is 0. The van der Waals surface area contributed by atoms with E-state index in [0.29, 0.717) is 16.4 Å². The average Bonchev–Trinajstić information content (AvgIpc) is 2.25. The molecule has 0 atom stereocenters. The summed E-state index contributed by atoms with van der Waals surface area (Å²) < 4.78 is 0.